The molecule has 3 rings (SSSR count). The van der Waals surface area contributed by atoms with Crippen molar-refractivity contribution in [1.82, 2.24) is 14.6 Å². The summed E-state index contributed by atoms with van der Waals surface area (Å²) in [6.07, 6.45) is 1.53. The zero-order valence-electron chi connectivity index (χ0n) is 10.5. The number of carbonyl (C=O) groups excluding carboxylic acids is 1. The Kier molecular flexibility index (Phi) is 2.97. The zero-order valence-corrected chi connectivity index (χ0v) is 10.5. The molecule has 0 N–H and O–H groups in total. The molecule has 1 aromatic carbocycles. The van der Waals surface area contributed by atoms with Gasteiger partial charge in [-0.3, -0.25) is 9.78 Å². The number of halogens is 3. The van der Waals surface area contributed by atoms with Gasteiger partial charge in [-0.15, -0.1) is 0 Å². The zero-order chi connectivity index (χ0) is 15.0. The molecule has 2 heterocycles. The second kappa shape index (κ2) is 4.69. The van der Waals surface area contributed by atoms with E-state index in [4.69, 9.17) is 0 Å². The Bertz CT molecular complexity index is 806. The van der Waals surface area contributed by atoms with Crippen molar-refractivity contribution in [3.05, 3.63) is 65.7 Å². The van der Waals surface area contributed by atoms with Crippen LogP contribution >= 0.6 is 0 Å². The van der Waals surface area contributed by atoms with Crippen LogP contribution in [0, 0.1) is 0 Å². The molecular formula is C14H8F3N3O. The van der Waals surface area contributed by atoms with Gasteiger partial charge in [0.25, 0.3) is 0 Å². The lowest BCUT2D eigenvalue weighted by molar-refractivity contribution is -0.137. The fraction of sp³-hybridized carbons (Fsp3) is 0.0714. The SMILES string of the molecule is O=C(c1ccc(C(F)(F)F)cc1)c1cnn2ccncc12. The highest BCUT2D eigenvalue weighted by atomic mass is 19.4. The number of ketones is 1. The Morgan fingerprint density at radius 1 is 1.10 bits per heavy atom. The van der Waals surface area contributed by atoms with Gasteiger partial charge in [0, 0.05) is 18.0 Å². The highest BCUT2D eigenvalue weighted by molar-refractivity contribution is 6.12. The molecule has 0 aliphatic heterocycles. The number of hydrogen-bond donors (Lipinski definition) is 0. The van der Waals surface area contributed by atoms with Crippen LogP contribution in [0.3, 0.4) is 0 Å². The first-order chi connectivity index (χ1) is 9.97. The van der Waals surface area contributed by atoms with Crippen molar-refractivity contribution >= 4 is 11.3 Å². The molecule has 0 unspecified atom stereocenters. The molecule has 0 fully saturated rings. The topological polar surface area (TPSA) is 47.3 Å². The average Bonchev–Trinajstić information content (AvgIpc) is 2.90. The quantitative estimate of drug-likeness (QED) is 0.682. The van der Waals surface area contributed by atoms with E-state index in [2.05, 4.69) is 10.1 Å². The predicted molar refractivity (Wildman–Crippen MR) is 67.9 cm³/mol. The third-order valence-corrected chi connectivity index (χ3v) is 3.04. The van der Waals surface area contributed by atoms with E-state index in [1.165, 1.54) is 23.1 Å². The number of benzene rings is 1. The molecule has 4 nitrogen and oxygen atoms in total. The van der Waals surface area contributed by atoms with Crippen molar-refractivity contribution in [2.45, 2.75) is 6.18 Å². The lowest BCUT2D eigenvalue weighted by atomic mass is 10.0. The summed E-state index contributed by atoms with van der Waals surface area (Å²) in [6, 6.07) is 4.09. The predicted octanol–water partition coefficient (Wildman–Crippen LogP) is 2.98. The van der Waals surface area contributed by atoms with Crippen molar-refractivity contribution in [3.8, 4) is 0 Å². The van der Waals surface area contributed by atoms with Gasteiger partial charge < -0.3 is 0 Å². The second-order valence-corrected chi connectivity index (χ2v) is 4.37. The smallest absolute Gasteiger partial charge is 0.288 e. The maximum Gasteiger partial charge on any atom is 0.416 e. The number of hydrogen-bond acceptors (Lipinski definition) is 3. The molecule has 0 radical (unpaired) electrons. The minimum absolute atomic E-state index is 0.168. The fourth-order valence-corrected chi connectivity index (χ4v) is 1.98. The van der Waals surface area contributed by atoms with E-state index >= 15 is 0 Å². The van der Waals surface area contributed by atoms with Crippen LogP contribution in [0.1, 0.15) is 21.5 Å². The number of fused-ring (bicyclic) bond motifs is 1. The van der Waals surface area contributed by atoms with Crippen molar-refractivity contribution in [2.24, 2.45) is 0 Å². The lowest BCUT2D eigenvalue weighted by Gasteiger charge is -2.06. The molecule has 3 aromatic rings. The Morgan fingerprint density at radius 3 is 2.48 bits per heavy atom. The van der Waals surface area contributed by atoms with Gasteiger partial charge in [0.1, 0.15) is 0 Å². The summed E-state index contributed by atoms with van der Waals surface area (Å²) in [4.78, 5) is 16.2. The normalized spacial score (nSPS) is 11.8. The molecular weight excluding hydrogens is 283 g/mol. The van der Waals surface area contributed by atoms with Crippen LogP contribution < -0.4 is 0 Å². The number of aromatic nitrogens is 3. The van der Waals surface area contributed by atoms with Gasteiger partial charge in [-0.2, -0.15) is 18.3 Å². The summed E-state index contributed by atoms with van der Waals surface area (Å²) in [5.41, 5.74) is 0.174. The molecule has 7 heteroatoms. The number of rotatable bonds is 2. The summed E-state index contributed by atoms with van der Waals surface area (Å²) in [5.74, 6) is -0.397. The van der Waals surface area contributed by atoms with E-state index < -0.39 is 17.5 Å². The number of alkyl halides is 3. The van der Waals surface area contributed by atoms with Gasteiger partial charge in [-0.05, 0) is 12.1 Å². The molecule has 0 aliphatic rings. The van der Waals surface area contributed by atoms with E-state index in [1.807, 2.05) is 0 Å². The van der Waals surface area contributed by atoms with Crippen LogP contribution in [0.5, 0.6) is 0 Å². The van der Waals surface area contributed by atoms with Gasteiger partial charge in [-0.1, -0.05) is 12.1 Å². The Labute approximate surface area is 116 Å². The Hall–Kier alpha value is -2.70. The first-order valence-corrected chi connectivity index (χ1v) is 5.96. The maximum absolute atomic E-state index is 12.5. The highest BCUT2D eigenvalue weighted by Crippen LogP contribution is 2.29. The van der Waals surface area contributed by atoms with Crippen LogP contribution in [0.2, 0.25) is 0 Å². The molecule has 21 heavy (non-hydrogen) atoms. The molecule has 0 saturated carbocycles. The van der Waals surface area contributed by atoms with Crippen LogP contribution in [0.15, 0.2) is 49.1 Å². The molecule has 0 saturated heterocycles. The van der Waals surface area contributed by atoms with Gasteiger partial charge in [0.15, 0.2) is 5.78 Å². The summed E-state index contributed by atoms with van der Waals surface area (Å²) >= 11 is 0. The van der Waals surface area contributed by atoms with Crippen LogP contribution in [0.25, 0.3) is 5.52 Å². The van der Waals surface area contributed by atoms with E-state index in [-0.39, 0.29) is 5.56 Å². The summed E-state index contributed by atoms with van der Waals surface area (Å²) in [5, 5.41) is 4.00. The molecule has 0 amide bonds. The van der Waals surface area contributed by atoms with Gasteiger partial charge >= 0.3 is 6.18 Å². The van der Waals surface area contributed by atoms with Crippen LogP contribution in [0.4, 0.5) is 13.2 Å². The molecule has 0 aliphatic carbocycles. The van der Waals surface area contributed by atoms with Crippen LogP contribution in [-0.2, 0) is 6.18 Å². The molecule has 0 bridgehead atoms. The fourth-order valence-electron chi connectivity index (χ4n) is 1.98. The summed E-state index contributed by atoms with van der Waals surface area (Å²) < 4.78 is 39.0. The molecule has 0 atom stereocenters. The minimum Gasteiger partial charge on any atom is -0.288 e. The van der Waals surface area contributed by atoms with Gasteiger partial charge in [0.2, 0.25) is 0 Å². The monoisotopic (exact) mass is 291 g/mol. The average molecular weight is 291 g/mol. The van der Waals surface area contributed by atoms with Crippen molar-refractivity contribution in [3.63, 3.8) is 0 Å². The maximum atomic E-state index is 12.5. The highest BCUT2D eigenvalue weighted by Gasteiger charge is 2.30. The molecule has 0 spiro atoms. The first kappa shape index (κ1) is 13.3. The molecule has 2 aromatic heterocycles. The van der Waals surface area contributed by atoms with Gasteiger partial charge in [0.05, 0.1) is 29.0 Å². The Morgan fingerprint density at radius 2 is 1.81 bits per heavy atom. The number of nitrogens with zero attached hydrogens (tertiary/aromatic N) is 3. The summed E-state index contributed by atoms with van der Waals surface area (Å²) in [7, 11) is 0. The minimum atomic E-state index is -4.42. The third-order valence-electron chi connectivity index (χ3n) is 3.04. The van der Waals surface area contributed by atoms with Crippen molar-refractivity contribution in [1.29, 1.82) is 0 Å². The van der Waals surface area contributed by atoms with E-state index in [0.717, 1.165) is 24.3 Å². The first-order valence-electron chi connectivity index (χ1n) is 5.96. The standard InChI is InChI=1S/C14H8F3N3O/c15-14(16,17)10-3-1-9(2-4-10)13(21)11-7-19-20-6-5-18-8-12(11)20/h1-8H. The van der Waals surface area contributed by atoms with Crippen LogP contribution in [-0.4, -0.2) is 20.4 Å². The summed E-state index contributed by atoms with van der Waals surface area (Å²) in [6.45, 7) is 0. The van der Waals surface area contributed by atoms with E-state index in [1.54, 1.807) is 6.20 Å². The second-order valence-electron chi connectivity index (χ2n) is 4.37. The Balaban J connectivity index is 1.99. The molecule has 106 valence electrons. The van der Waals surface area contributed by atoms with Crippen molar-refractivity contribution < 1.29 is 18.0 Å². The lowest BCUT2D eigenvalue weighted by Crippen LogP contribution is -2.06. The third kappa shape index (κ3) is 2.37. The van der Waals surface area contributed by atoms with Crippen molar-refractivity contribution in [2.75, 3.05) is 0 Å². The largest absolute Gasteiger partial charge is 0.416 e. The van der Waals surface area contributed by atoms with Gasteiger partial charge in [-0.25, -0.2) is 4.52 Å². The van der Waals surface area contributed by atoms with E-state index in [9.17, 15) is 18.0 Å². The number of carbonyl (C=O) groups is 1. The van der Waals surface area contributed by atoms with E-state index in [0.29, 0.717) is 11.1 Å².